The third-order valence-electron chi connectivity index (χ3n) is 3.80. The van der Waals surface area contributed by atoms with Crippen molar-refractivity contribution >= 4 is 9.84 Å². The lowest BCUT2D eigenvalue weighted by atomic mass is 10.0. The second-order valence-corrected chi connectivity index (χ2v) is 7.25. The van der Waals surface area contributed by atoms with Gasteiger partial charge in [-0.15, -0.1) is 0 Å². The number of halogens is 1. The molecule has 0 spiro atoms. The molecule has 1 heterocycles. The van der Waals surface area contributed by atoms with Crippen LogP contribution in [-0.4, -0.2) is 14.2 Å². The Morgan fingerprint density at radius 2 is 1.81 bits per heavy atom. The Morgan fingerprint density at radius 3 is 2.62 bits per heavy atom. The minimum Gasteiger partial charge on any atom is -0.306 e. The van der Waals surface area contributed by atoms with Crippen LogP contribution in [0.1, 0.15) is 23.6 Å². The molecule has 2 aromatic carbocycles. The predicted molar refractivity (Wildman–Crippen MR) is 79.1 cm³/mol. The Kier molecular flexibility index (Phi) is 3.78. The average Bonchev–Trinajstić information content (AvgIpc) is 2.48. The number of fused-ring (bicyclic) bond motifs is 1. The third-order valence-corrected chi connectivity index (χ3v) is 5.62. The number of sulfone groups is 1. The van der Waals surface area contributed by atoms with Crippen molar-refractivity contribution in [2.45, 2.75) is 23.9 Å². The van der Waals surface area contributed by atoms with Crippen LogP contribution in [0.4, 0.5) is 4.39 Å². The van der Waals surface area contributed by atoms with Crippen LogP contribution in [0.2, 0.25) is 0 Å². The fourth-order valence-corrected chi connectivity index (χ4v) is 4.30. The summed E-state index contributed by atoms with van der Waals surface area (Å²) in [5, 5.41) is 3.27. The molecule has 0 saturated carbocycles. The molecule has 1 aliphatic heterocycles. The molecule has 1 N–H and O–H groups in total. The zero-order valence-electron chi connectivity index (χ0n) is 11.4. The number of benzene rings is 2. The molecule has 0 saturated heterocycles. The first-order valence-corrected chi connectivity index (χ1v) is 8.51. The maximum Gasteiger partial charge on any atom is 0.178 e. The summed E-state index contributed by atoms with van der Waals surface area (Å²) in [4.78, 5) is 0.391. The minimum absolute atomic E-state index is 0.0654. The highest BCUT2D eigenvalue weighted by molar-refractivity contribution is 7.91. The van der Waals surface area contributed by atoms with Gasteiger partial charge in [-0.25, -0.2) is 12.8 Å². The summed E-state index contributed by atoms with van der Waals surface area (Å²) in [6.07, 6.45) is 0.508. The van der Waals surface area contributed by atoms with E-state index in [2.05, 4.69) is 5.32 Å². The van der Waals surface area contributed by atoms with Gasteiger partial charge >= 0.3 is 0 Å². The molecule has 3 nitrogen and oxygen atoms in total. The van der Waals surface area contributed by atoms with Crippen LogP contribution in [0.15, 0.2) is 53.4 Å². The summed E-state index contributed by atoms with van der Waals surface area (Å²) >= 11 is 0. The second-order valence-electron chi connectivity index (χ2n) is 5.17. The Hall–Kier alpha value is -1.72. The molecule has 0 radical (unpaired) electrons. The summed E-state index contributed by atoms with van der Waals surface area (Å²) in [5.74, 6) is -0.124. The van der Waals surface area contributed by atoms with E-state index >= 15 is 0 Å². The van der Waals surface area contributed by atoms with Crippen LogP contribution in [0, 0.1) is 5.82 Å². The molecular weight excluding hydrogens is 289 g/mol. The summed E-state index contributed by atoms with van der Waals surface area (Å²) in [6, 6.07) is 13.6. The maximum atomic E-state index is 13.6. The van der Waals surface area contributed by atoms with Gasteiger partial charge < -0.3 is 5.32 Å². The van der Waals surface area contributed by atoms with Gasteiger partial charge in [0.15, 0.2) is 9.84 Å². The maximum absolute atomic E-state index is 13.6. The van der Waals surface area contributed by atoms with Gasteiger partial charge in [-0.3, -0.25) is 0 Å². The molecule has 0 aromatic heterocycles. The van der Waals surface area contributed by atoms with Gasteiger partial charge in [0.1, 0.15) is 5.82 Å². The largest absolute Gasteiger partial charge is 0.306 e. The second kappa shape index (κ2) is 5.58. The topological polar surface area (TPSA) is 46.2 Å². The lowest BCUT2D eigenvalue weighted by molar-refractivity contribution is 0.482. The number of hydrogen-bond acceptors (Lipinski definition) is 3. The minimum atomic E-state index is -3.18. The van der Waals surface area contributed by atoms with Crippen molar-refractivity contribution in [3.05, 3.63) is 65.5 Å². The molecule has 5 heteroatoms. The summed E-state index contributed by atoms with van der Waals surface area (Å²) in [6.45, 7) is 0.381. The lowest BCUT2D eigenvalue weighted by Gasteiger charge is -2.26. The van der Waals surface area contributed by atoms with Gasteiger partial charge in [0.25, 0.3) is 0 Å². The van der Waals surface area contributed by atoms with Crippen molar-refractivity contribution in [2.24, 2.45) is 0 Å². The van der Waals surface area contributed by atoms with Crippen molar-refractivity contribution in [3.8, 4) is 0 Å². The fourth-order valence-electron chi connectivity index (χ4n) is 2.68. The highest BCUT2D eigenvalue weighted by Crippen LogP contribution is 2.32. The van der Waals surface area contributed by atoms with Crippen molar-refractivity contribution in [1.29, 1.82) is 0 Å². The average molecular weight is 305 g/mol. The zero-order valence-corrected chi connectivity index (χ0v) is 12.2. The molecule has 1 aliphatic rings. The Labute approximate surface area is 123 Å². The molecule has 21 heavy (non-hydrogen) atoms. The van der Waals surface area contributed by atoms with Crippen LogP contribution in [0.3, 0.4) is 0 Å². The lowest BCUT2D eigenvalue weighted by Crippen LogP contribution is -2.29. The Balaban J connectivity index is 1.83. The van der Waals surface area contributed by atoms with Crippen LogP contribution >= 0.6 is 0 Å². The normalized spacial score (nSPS) is 20.0. The number of hydrogen-bond donors (Lipinski definition) is 1. The first-order valence-electron chi connectivity index (χ1n) is 6.86. The number of rotatable bonds is 3. The molecule has 1 atom stereocenters. The fraction of sp³-hybridized carbons (Fsp3) is 0.250. The van der Waals surface area contributed by atoms with E-state index in [0.717, 1.165) is 5.56 Å². The molecule has 3 rings (SSSR count). The van der Waals surface area contributed by atoms with Crippen LogP contribution in [-0.2, 0) is 16.4 Å². The number of nitrogens with one attached hydrogen (secondary N) is 1. The van der Waals surface area contributed by atoms with Crippen molar-refractivity contribution in [1.82, 2.24) is 5.32 Å². The molecule has 0 aliphatic carbocycles. The summed E-state index contributed by atoms with van der Waals surface area (Å²) in [7, 11) is -3.18. The van der Waals surface area contributed by atoms with E-state index in [1.54, 1.807) is 30.3 Å². The molecule has 0 bridgehead atoms. The van der Waals surface area contributed by atoms with Crippen LogP contribution in [0.25, 0.3) is 0 Å². The van der Waals surface area contributed by atoms with Gasteiger partial charge in [-0.1, -0.05) is 36.4 Å². The van der Waals surface area contributed by atoms with Gasteiger partial charge in [0, 0.05) is 18.2 Å². The highest BCUT2D eigenvalue weighted by atomic mass is 32.2. The van der Waals surface area contributed by atoms with Gasteiger partial charge in [-0.05, 0) is 24.1 Å². The van der Waals surface area contributed by atoms with Gasteiger partial charge in [-0.2, -0.15) is 0 Å². The van der Waals surface area contributed by atoms with E-state index in [1.807, 2.05) is 12.1 Å². The highest BCUT2D eigenvalue weighted by Gasteiger charge is 2.29. The van der Waals surface area contributed by atoms with Crippen molar-refractivity contribution in [3.63, 3.8) is 0 Å². The van der Waals surface area contributed by atoms with E-state index in [1.165, 1.54) is 6.07 Å². The summed E-state index contributed by atoms with van der Waals surface area (Å²) in [5.41, 5.74) is 1.36. The molecule has 2 aromatic rings. The first-order chi connectivity index (χ1) is 10.1. The molecule has 0 amide bonds. The first kappa shape index (κ1) is 14.2. The van der Waals surface area contributed by atoms with E-state index in [9.17, 15) is 12.8 Å². The SMILES string of the molecule is O=S1(=O)CCC(NCc2ccccc2F)c2ccccc21. The van der Waals surface area contributed by atoms with Crippen LogP contribution in [0.5, 0.6) is 0 Å². The van der Waals surface area contributed by atoms with Crippen LogP contribution < -0.4 is 5.32 Å². The molecule has 1 unspecified atom stereocenters. The monoisotopic (exact) mass is 305 g/mol. The van der Waals surface area contributed by atoms with E-state index in [-0.39, 0.29) is 17.6 Å². The van der Waals surface area contributed by atoms with Gasteiger partial charge in [0.05, 0.1) is 10.6 Å². The molecule has 0 fully saturated rings. The van der Waals surface area contributed by atoms with Gasteiger partial charge in [0.2, 0.25) is 0 Å². The molecular formula is C16H16FNO2S. The van der Waals surface area contributed by atoms with E-state index < -0.39 is 9.84 Å². The van der Waals surface area contributed by atoms with Crippen molar-refractivity contribution in [2.75, 3.05) is 5.75 Å². The summed E-state index contributed by atoms with van der Waals surface area (Å²) < 4.78 is 37.7. The zero-order chi connectivity index (χ0) is 14.9. The Morgan fingerprint density at radius 1 is 1.10 bits per heavy atom. The van der Waals surface area contributed by atoms with E-state index in [4.69, 9.17) is 0 Å². The molecule has 110 valence electrons. The van der Waals surface area contributed by atoms with Crippen molar-refractivity contribution < 1.29 is 12.8 Å². The van der Waals surface area contributed by atoms with E-state index in [0.29, 0.717) is 23.4 Å². The third kappa shape index (κ3) is 2.84. The standard InChI is InChI=1S/C16H16FNO2S/c17-14-7-3-1-5-12(14)11-18-15-9-10-21(19,20)16-8-4-2-6-13(15)16/h1-8,15,18H,9-11H2. The Bertz CT molecular complexity index is 758. The smallest absolute Gasteiger partial charge is 0.178 e. The predicted octanol–water partition coefficient (Wildman–Crippen LogP) is 2.83. The quantitative estimate of drug-likeness (QED) is 0.948.